The fraction of sp³-hybridized carbons (Fsp3) is 0.300. The zero-order valence-corrected chi connectivity index (χ0v) is 9.57. The zero-order valence-electron chi connectivity index (χ0n) is 8.75. The number of carboxylic acids is 1. The first-order valence-electron chi connectivity index (χ1n) is 4.91. The number of hydrogen-bond donors (Lipinski definition) is 1. The van der Waals surface area contributed by atoms with Gasteiger partial charge < -0.3 is 9.67 Å². The van der Waals surface area contributed by atoms with E-state index in [0.29, 0.717) is 5.01 Å². The Balaban J connectivity index is 2.34. The maximum atomic E-state index is 10.7. The number of imidazole rings is 1. The third-order valence-corrected chi connectivity index (χ3v) is 2.98. The summed E-state index contributed by atoms with van der Waals surface area (Å²) < 4.78 is 1.98. The van der Waals surface area contributed by atoms with Crippen molar-refractivity contribution in [2.45, 2.75) is 19.9 Å². The quantitative estimate of drug-likeness (QED) is 0.884. The molecule has 2 heterocycles. The molecular weight excluding hydrogens is 226 g/mol. The Kier molecular flexibility index (Phi) is 3.00. The van der Waals surface area contributed by atoms with Gasteiger partial charge in [-0.1, -0.05) is 6.92 Å². The average Bonchev–Trinajstić information content (AvgIpc) is 2.84. The monoisotopic (exact) mass is 237 g/mol. The fourth-order valence-corrected chi connectivity index (χ4v) is 2.23. The van der Waals surface area contributed by atoms with E-state index < -0.39 is 5.97 Å². The molecule has 0 aliphatic carbocycles. The lowest BCUT2D eigenvalue weighted by atomic mass is 10.4. The highest BCUT2D eigenvalue weighted by Gasteiger charge is 2.12. The number of carbonyl (C=O) groups is 1. The lowest BCUT2D eigenvalue weighted by Gasteiger charge is -2.02. The van der Waals surface area contributed by atoms with Gasteiger partial charge in [0.05, 0.1) is 18.2 Å². The number of hydrogen-bond acceptors (Lipinski definition) is 4. The molecule has 0 fully saturated rings. The lowest BCUT2D eigenvalue weighted by molar-refractivity contribution is 0.0691. The maximum Gasteiger partial charge on any atom is 0.355 e. The van der Waals surface area contributed by atoms with Crippen LogP contribution in [0.1, 0.15) is 23.8 Å². The summed E-state index contributed by atoms with van der Waals surface area (Å²) in [7, 11) is 0. The summed E-state index contributed by atoms with van der Waals surface area (Å²) in [5, 5.41) is 11.0. The van der Waals surface area contributed by atoms with Crippen LogP contribution in [0, 0.1) is 0 Å². The first-order chi connectivity index (χ1) is 7.72. The molecule has 0 spiro atoms. The third-order valence-electron chi connectivity index (χ3n) is 2.12. The number of rotatable bonds is 4. The van der Waals surface area contributed by atoms with E-state index in [-0.39, 0.29) is 5.69 Å². The van der Waals surface area contributed by atoms with E-state index in [1.165, 1.54) is 11.3 Å². The van der Waals surface area contributed by atoms with Crippen LogP contribution >= 0.6 is 11.3 Å². The van der Waals surface area contributed by atoms with Gasteiger partial charge in [-0.2, -0.15) is 0 Å². The summed E-state index contributed by atoms with van der Waals surface area (Å²) in [5.74, 6) is -0.996. The number of aromatic nitrogens is 3. The Labute approximate surface area is 96.4 Å². The maximum absolute atomic E-state index is 10.7. The first-order valence-corrected chi connectivity index (χ1v) is 5.79. The Morgan fingerprint density at radius 1 is 1.62 bits per heavy atom. The molecule has 2 aromatic rings. The predicted octanol–water partition coefficient (Wildman–Crippen LogP) is 2.11. The highest BCUT2D eigenvalue weighted by atomic mass is 32.1. The van der Waals surface area contributed by atoms with Crippen molar-refractivity contribution in [3.63, 3.8) is 0 Å². The highest BCUT2D eigenvalue weighted by Crippen LogP contribution is 2.23. The fourth-order valence-electron chi connectivity index (χ4n) is 1.41. The van der Waals surface area contributed by atoms with Crippen LogP contribution in [0.3, 0.4) is 0 Å². The minimum absolute atomic E-state index is 0.0873. The van der Waals surface area contributed by atoms with Crippen molar-refractivity contribution in [2.24, 2.45) is 0 Å². The predicted molar refractivity (Wildman–Crippen MR) is 60.6 cm³/mol. The van der Waals surface area contributed by atoms with Gasteiger partial charge in [0.25, 0.3) is 0 Å². The summed E-state index contributed by atoms with van der Waals surface area (Å²) in [6, 6.07) is 0. The molecule has 0 bridgehead atoms. The summed E-state index contributed by atoms with van der Waals surface area (Å²) in [5.41, 5.74) is 0.962. The van der Waals surface area contributed by atoms with Crippen molar-refractivity contribution in [3.8, 4) is 10.7 Å². The van der Waals surface area contributed by atoms with E-state index in [1.807, 2.05) is 4.57 Å². The largest absolute Gasteiger partial charge is 0.476 e. The molecule has 2 rings (SSSR count). The first kappa shape index (κ1) is 10.8. The van der Waals surface area contributed by atoms with Crippen molar-refractivity contribution in [2.75, 3.05) is 0 Å². The highest BCUT2D eigenvalue weighted by molar-refractivity contribution is 7.13. The molecular formula is C10H11N3O2S. The lowest BCUT2D eigenvalue weighted by Crippen LogP contribution is -1.99. The molecule has 5 nitrogen and oxygen atoms in total. The van der Waals surface area contributed by atoms with E-state index >= 15 is 0 Å². The normalized spacial score (nSPS) is 10.6. The number of aryl methyl sites for hydroxylation is 1. The second kappa shape index (κ2) is 4.44. The van der Waals surface area contributed by atoms with Crippen LogP contribution in [-0.2, 0) is 6.54 Å². The Bertz CT molecular complexity index is 504. The Morgan fingerprint density at radius 3 is 3.06 bits per heavy atom. The van der Waals surface area contributed by atoms with Gasteiger partial charge in [-0.15, -0.1) is 11.3 Å². The van der Waals surface area contributed by atoms with Crippen molar-refractivity contribution in [3.05, 3.63) is 23.6 Å². The average molecular weight is 237 g/mol. The second-order valence-corrected chi connectivity index (χ2v) is 4.17. The molecule has 0 aliphatic rings. The van der Waals surface area contributed by atoms with Crippen LogP contribution in [0.15, 0.2) is 17.9 Å². The van der Waals surface area contributed by atoms with Crippen LogP contribution in [0.2, 0.25) is 0 Å². The Hall–Kier alpha value is -1.69. The van der Waals surface area contributed by atoms with E-state index in [0.717, 1.165) is 18.7 Å². The summed E-state index contributed by atoms with van der Waals surface area (Å²) >= 11 is 1.32. The van der Waals surface area contributed by atoms with Gasteiger partial charge in [-0.3, -0.25) is 0 Å². The molecule has 0 aliphatic heterocycles. The van der Waals surface area contributed by atoms with Crippen LogP contribution in [0.25, 0.3) is 10.7 Å². The smallest absolute Gasteiger partial charge is 0.355 e. The SMILES string of the molecule is CCCn1cncc1-c1nc(C(=O)O)cs1. The molecule has 1 N–H and O–H groups in total. The minimum atomic E-state index is -0.996. The van der Waals surface area contributed by atoms with E-state index in [9.17, 15) is 4.79 Å². The van der Waals surface area contributed by atoms with Gasteiger partial charge in [-0.25, -0.2) is 14.8 Å². The van der Waals surface area contributed by atoms with Crippen LogP contribution in [0.5, 0.6) is 0 Å². The number of carboxylic acid groups (broad SMARTS) is 1. The zero-order chi connectivity index (χ0) is 11.5. The molecule has 2 aromatic heterocycles. The molecule has 0 radical (unpaired) electrons. The molecule has 0 amide bonds. The van der Waals surface area contributed by atoms with Gasteiger partial charge in [0.2, 0.25) is 0 Å². The molecule has 6 heteroatoms. The van der Waals surface area contributed by atoms with E-state index in [1.54, 1.807) is 17.9 Å². The topological polar surface area (TPSA) is 68.0 Å². The summed E-state index contributed by atoms with van der Waals surface area (Å²) in [4.78, 5) is 18.8. The number of thiazole rings is 1. The van der Waals surface area contributed by atoms with Gasteiger partial charge in [0.1, 0.15) is 5.01 Å². The van der Waals surface area contributed by atoms with Crippen molar-refractivity contribution < 1.29 is 9.90 Å². The second-order valence-electron chi connectivity index (χ2n) is 3.32. The van der Waals surface area contributed by atoms with E-state index in [4.69, 9.17) is 5.11 Å². The standard InChI is InChI=1S/C10H11N3O2S/c1-2-3-13-6-11-4-8(13)9-12-7(5-16-9)10(14)15/h4-6H,2-3H2,1H3,(H,14,15). The van der Waals surface area contributed by atoms with Gasteiger partial charge >= 0.3 is 5.97 Å². The molecule has 0 atom stereocenters. The van der Waals surface area contributed by atoms with Gasteiger partial charge in [-0.05, 0) is 6.42 Å². The minimum Gasteiger partial charge on any atom is -0.476 e. The van der Waals surface area contributed by atoms with Gasteiger partial charge in [0.15, 0.2) is 5.69 Å². The molecule has 0 saturated heterocycles. The summed E-state index contributed by atoms with van der Waals surface area (Å²) in [6.45, 7) is 2.94. The van der Waals surface area contributed by atoms with Crippen molar-refractivity contribution in [1.82, 2.24) is 14.5 Å². The van der Waals surface area contributed by atoms with Crippen LogP contribution in [-0.4, -0.2) is 25.6 Å². The van der Waals surface area contributed by atoms with Crippen molar-refractivity contribution in [1.29, 1.82) is 0 Å². The summed E-state index contributed by atoms with van der Waals surface area (Å²) in [6.07, 6.45) is 4.45. The van der Waals surface area contributed by atoms with Crippen LogP contribution in [0.4, 0.5) is 0 Å². The molecule has 0 aromatic carbocycles. The van der Waals surface area contributed by atoms with E-state index in [2.05, 4.69) is 16.9 Å². The number of aromatic carboxylic acids is 1. The molecule has 0 unspecified atom stereocenters. The van der Waals surface area contributed by atoms with Crippen LogP contribution < -0.4 is 0 Å². The number of nitrogens with zero attached hydrogens (tertiary/aromatic N) is 3. The Morgan fingerprint density at radius 2 is 2.44 bits per heavy atom. The third kappa shape index (κ3) is 1.96. The molecule has 16 heavy (non-hydrogen) atoms. The van der Waals surface area contributed by atoms with Gasteiger partial charge in [0, 0.05) is 11.9 Å². The molecule has 0 saturated carbocycles. The van der Waals surface area contributed by atoms with Crippen molar-refractivity contribution >= 4 is 17.3 Å². The molecule has 84 valence electrons.